The maximum atomic E-state index is 12.4. The number of pyridine rings is 1. The number of benzene rings is 1. The minimum Gasteiger partial charge on any atom is -0.490 e. The van der Waals surface area contributed by atoms with Gasteiger partial charge in [-0.15, -0.1) is 0 Å². The standard InChI is InChI=1S/C15H14N2O4/c1-10(12-5-3-4-8-16-12)15(18)11-6-7-14(21-2)13(9-11)17(19)20/h3-10H,1-2H3. The third kappa shape index (κ3) is 3.05. The van der Waals surface area contributed by atoms with Gasteiger partial charge in [0, 0.05) is 17.8 Å². The highest BCUT2D eigenvalue weighted by molar-refractivity contribution is 6.01. The normalized spacial score (nSPS) is 11.7. The highest BCUT2D eigenvalue weighted by Gasteiger charge is 2.22. The van der Waals surface area contributed by atoms with Gasteiger partial charge in [0.1, 0.15) is 0 Å². The van der Waals surface area contributed by atoms with Crippen molar-refractivity contribution in [3.8, 4) is 5.75 Å². The maximum Gasteiger partial charge on any atom is 0.311 e. The summed E-state index contributed by atoms with van der Waals surface area (Å²) in [6, 6.07) is 9.49. The van der Waals surface area contributed by atoms with E-state index in [2.05, 4.69) is 4.98 Å². The van der Waals surface area contributed by atoms with Gasteiger partial charge in [-0.2, -0.15) is 0 Å². The molecule has 1 aromatic heterocycles. The average Bonchev–Trinajstić information content (AvgIpc) is 2.53. The molecule has 1 atom stereocenters. The summed E-state index contributed by atoms with van der Waals surface area (Å²) in [6.45, 7) is 1.72. The van der Waals surface area contributed by atoms with Crippen LogP contribution in [0, 0.1) is 10.1 Å². The third-order valence-corrected chi connectivity index (χ3v) is 3.18. The number of rotatable bonds is 5. The van der Waals surface area contributed by atoms with E-state index in [4.69, 9.17) is 4.74 Å². The number of ketones is 1. The Morgan fingerprint density at radius 1 is 1.33 bits per heavy atom. The van der Waals surface area contributed by atoms with Crippen molar-refractivity contribution in [1.29, 1.82) is 0 Å². The zero-order chi connectivity index (χ0) is 15.4. The largest absolute Gasteiger partial charge is 0.490 e. The topological polar surface area (TPSA) is 82.3 Å². The zero-order valence-corrected chi connectivity index (χ0v) is 11.6. The van der Waals surface area contributed by atoms with E-state index in [0.29, 0.717) is 5.69 Å². The SMILES string of the molecule is COc1ccc(C(=O)C(C)c2ccccn2)cc1[N+](=O)[O-]. The molecule has 1 aromatic carbocycles. The van der Waals surface area contributed by atoms with Crippen LogP contribution in [-0.4, -0.2) is 22.8 Å². The molecule has 0 radical (unpaired) electrons. The Labute approximate surface area is 121 Å². The van der Waals surface area contributed by atoms with Crippen molar-refractivity contribution in [2.24, 2.45) is 0 Å². The number of carbonyl (C=O) groups excluding carboxylic acids is 1. The van der Waals surface area contributed by atoms with Crippen LogP contribution in [0.5, 0.6) is 5.75 Å². The second kappa shape index (κ2) is 6.13. The van der Waals surface area contributed by atoms with Crippen LogP contribution >= 0.6 is 0 Å². The first kappa shape index (κ1) is 14.6. The van der Waals surface area contributed by atoms with Crippen molar-refractivity contribution >= 4 is 11.5 Å². The van der Waals surface area contributed by atoms with Crippen LogP contribution in [0.25, 0.3) is 0 Å². The summed E-state index contributed by atoms with van der Waals surface area (Å²) >= 11 is 0. The summed E-state index contributed by atoms with van der Waals surface area (Å²) in [5.74, 6) is -0.569. The third-order valence-electron chi connectivity index (χ3n) is 3.18. The Kier molecular flexibility index (Phi) is 4.27. The van der Waals surface area contributed by atoms with Crippen LogP contribution in [0.2, 0.25) is 0 Å². The van der Waals surface area contributed by atoms with E-state index in [1.807, 2.05) is 0 Å². The van der Waals surface area contributed by atoms with Gasteiger partial charge in [0.15, 0.2) is 11.5 Å². The van der Waals surface area contributed by atoms with E-state index in [1.165, 1.54) is 25.3 Å². The van der Waals surface area contributed by atoms with Gasteiger partial charge in [-0.1, -0.05) is 6.07 Å². The lowest BCUT2D eigenvalue weighted by molar-refractivity contribution is -0.385. The second-order valence-electron chi connectivity index (χ2n) is 4.48. The van der Waals surface area contributed by atoms with Gasteiger partial charge in [-0.05, 0) is 31.2 Å². The molecule has 108 valence electrons. The number of nitro groups is 1. The Balaban J connectivity index is 2.36. The van der Waals surface area contributed by atoms with Crippen LogP contribution in [-0.2, 0) is 0 Å². The van der Waals surface area contributed by atoms with Gasteiger partial charge < -0.3 is 4.74 Å². The average molecular weight is 286 g/mol. The van der Waals surface area contributed by atoms with Gasteiger partial charge in [-0.3, -0.25) is 19.9 Å². The first-order chi connectivity index (χ1) is 10.0. The lowest BCUT2D eigenvalue weighted by Gasteiger charge is -2.10. The Morgan fingerprint density at radius 3 is 2.67 bits per heavy atom. The van der Waals surface area contributed by atoms with E-state index in [1.54, 1.807) is 31.3 Å². The fourth-order valence-corrected chi connectivity index (χ4v) is 2.00. The van der Waals surface area contributed by atoms with Crippen LogP contribution in [0.4, 0.5) is 5.69 Å². The van der Waals surface area contributed by atoms with E-state index in [9.17, 15) is 14.9 Å². The van der Waals surface area contributed by atoms with Crippen molar-refractivity contribution in [2.75, 3.05) is 7.11 Å². The van der Waals surface area contributed by atoms with Crippen molar-refractivity contribution in [3.05, 3.63) is 64.0 Å². The van der Waals surface area contributed by atoms with Gasteiger partial charge in [0.2, 0.25) is 0 Å². The molecule has 0 aliphatic heterocycles. The Hall–Kier alpha value is -2.76. The summed E-state index contributed by atoms with van der Waals surface area (Å²) in [4.78, 5) is 27.0. The minimum atomic E-state index is -0.568. The summed E-state index contributed by atoms with van der Waals surface area (Å²) in [7, 11) is 1.35. The number of hydrogen-bond acceptors (Lipinski definition) is 5. The molecule has 0 aliphatic rings. The lowest BCUT2D eigenvalue weighted by atomic mass is 9.95. The van der Waals surface area contributed by atoms with E-state index in [-0.39, 0.29) is 22.8 Å². The molecule has 0 saturated carbocycles. The molecule has 0 fully saturated rings. The number of aromatic nitrogens is 1. The summed E-state index contributed by atoms with van der Waals surface area (Å²) in [6.07, 6.45) is 1.61. The number of hydrogen-bond donors (Lipinski definition) is 0. The highest BCUT2D eigenvalue weighted by atomic mass is 16.6. The predicted octanol–water partition coefficient (Wildman–Crippen LogP) is 2.98. The molecule has 0 N–H and O–H groups in total. The molecule has 0 bridgehead atoms. The van der Waals surface area contributed by atoms with E-state index >= 15 is 0 Å². The molecule has 21 heavy (non-hydrogen) atoms. The first-order valence-corrected chi connectivity index (χ1v) is 6.32. The molecule has 0 aliphatic carbocycles. The van der Waals surface area contributed by atoms with Gasteiger partial charge in [0.25, 0.3) is 0 Å². The molecular weight excluding hydrogens is 272 g/mol. The minimum absolute atomic E-state index is 0.127. The van der Waals surface area contributed by atoms with Gasteiger partial charge in [0.05, 0.1) is 23.6 Å². The van der Waals surface area contributed by atoms with Crippen molar-refractivity contribution < 1.29 is 14.5 Å². The molecule has 2 rings (SSSR count). The number of nitro benzene ring substituents is 1. The molecule has 6 nitrogen and oxygen atoms in total. The van der Waals surface area contributed by atoms with Crippen LogP contribution in [0.1, 0.15) is 28.9 Å². The first-order valence-electron chi connectivity index (χ1n) is 6.32. The highest BCUT2D eigenvalue weighted by Crippen LogP contribution is 2.29. The van der Waals surface area contributed by atoms with Gasteiger partial charge in [-0.25, -0.2) is 0 Å². The number of ether oxygens (including phenoxy) is 1. The molecule has 1 heterocycles. The summed E-state index contributed by atoms with van der Waals surface area (Å²) < 4.78 is 4.92. The van der Waals surface area contributed by atoms with Crippen molar-refractivity contribution in [2.45, 2.75) is 12.8 Å². The molecule has 0 amide bonds. The maximum absolute atomic E-state index is 12.4. The predicted molar refractivity (Wildman–Crippen MR) is 76.6 cm³/mol. The Morgan fingerprint density at radius 2 is 2.10 bits per heavy atom. The van der Waals surface area contributed by atoms with Crippen molar-refractivity contribution in [1.82, 2.24) is 4.98 Å². The second-order valence-corrected chi connectivity index (χ2v) is 4.48. The monoisotopic (exact) mass is 286 g/mol. The molecule has 1 unspecified atom stereocenters. The Bertz CT molecular complexity index is 671. The molecule has 0 saturated heterocycles. The molecular formula is C15H14N2O4. The van der Waals surface area contributed by atoms with Crippen LogP contribution in [0.3, 0.4) is 0 Å². The van der Waals surface area contributed by atoms with E-state index in [0.717, 1.165) is 0 Å². The zero-order valence-electron chi connectivity index (χ0n) is 11.6. The fraction of sp³-hybridized carbons (Fsp3) is 0.200. The fourth-order valence-electron chi connectivity index (χ4n) is 2.00. The number of Topliss-reactive ketones (excluding diaryl/α,β-unsaturated/α-hetero) is 1. The van der Waals surface area contributed by atoms with E-state index < -0.39 is 10.8 Å². The smallest absolute Gasteiger partial charge is 0.311 e. The summed E-state index contributed by atoms with van der Waals surface area (Å²) in [5.41, 5.74) is 0.665. The van der Waals surface area contributed by atoms with Gasteiger partial charge >= 0.3 is 5.69 Å². The quantitative estimate of drug-likeness (QED) is 0.479. The van der Waals surface area contributed by atoms with Crippen LogP contribution < -0.4 is 4.74 Å². The number of methoxy groups -OCH3 is 1. The summed E-state index contributed by atoms with van der Waals surface area (Å²) in [5, 5.41) is 11.0. The molecule has 2 aromatic rings. The number of carbonyl (C=O) groups is 1. The number of nitrogens with zero attached hydrogens (tertiary/aromatic N) is 2. The van der Waals surface area contributed by atoms with Crippen LogP contribution in [0.15, 0.2) is 42.6 Å². The molecule has 6 heteroatoms. The lowest BCUT2D eigenvalue weighted by Crippen LogP contribution is -2.11. The van der Waals surface area contributed by atoms with Crippen molar-refractivity contribution in [3.63, 3.8) is 0 Å². The molecule has 0 spiro atoms.